The zero-order valence-electron chi connectivity index (χ0n) is 6.28. The fourth-order valence-corrected chi connectivity index (χ4v) is 1.26. The zero-order chi connectivity index (χ0) is 9.35. The van der Waals surface area contributed by atoms with Crippen molar-refractivity contribution in [2.75, 3.05) is 0 Å². The molecule has 0 saturated carbocycles. The summed E-state index contributed by atoms with van der Waals surface area (Å²) in [6.45, 7) is 0. The highest BCUT2D eigenvalue weighted by molar-refractivity contribution is 6.00. The molecule has 0 bridgehead atoms. The third-order valence-electron chi connectivity index (χ3n) is 1.98. The van der Waals surface area contributed by atoms with Crippen LogP contribution in [0.25, 0.3) is 0 Å². The maximum absolute atomic E-state index is 10.6. The second-order valence-corrected chi connectivity index (χ2v) is 2.74. The van der Waals surface area contributed by atoms with Crippen LogP contribution in [0.2, 0.25) is 0 Å². The molecule has 5 nitrogen and oxygen atoms in total. The number of rotatable bonds is 2. The van der Waals surface area contributed by atoms with Crippen molar-refractivity contribution in [3.05, 3.63) is 11.6 Å². The van der Waals surface area contributed by atoms with Crippen molar-refractivity contribution in [3.8, 4) is 0 Å². The average molecular weight is 171 g/mol. The highest BCUT2D eigenvalue weighted by Gasteiger charge is 2.44. The lowest BCUT2D eigenvalue weighted by molar-refractivity contribution is -0.144. The van der Waals surface area contributed by atoms with Gasteiger partial charge in [0.05, 0.1) is 5.57 Å². The molecule has 66 valence electrons. The van der Waals surface area contributed by atoms with E-state index in [1.165, 1.54) is 6.08 Å². The molecule has 0 fully saturated rings. The van der Waals surface area contributed by atoms with Crippen molar-refractivity contribution < 1.29 is 19.8 Å². The predicted molar refractivity (Wildman–Crippen MR) is 39.5 cm³/mol. The zero-order valence-corrected chi connectivity index (χ0v) is 6.28. The smallest absolute Gasteiger partial charge is 0.333 e. The van der Waals surface area contributed by atoms with Gasteiger partial charge in [-0.2, -0.15) is 0 Å². The summed E-state index contributed by atoms with van der Waals surface area (Å²) < 4.78 is 0. The minimum Gasteiger partial charge on any atom is -0.480 e. The molecule has 5 heteroatoms. The Morgan fingerprint density at radius 2 is 2.08 bits per heavy atom. The maximum Gasteiger partial charge on any atom is 0.333 e. The minimum atomic E-state index is -1.69. The van der Waals surface area contributed by atoms with Gasteiger partial charge in [0.15, 0.2) is 0 Å². The Balaban J connectivity index is 3.02. The lowest BCUT2D eigenvalue weighted by atomic mass is 9.93. The van der Waals surface area contributed by atoms with Gasteiger partial charge in [0.1, 0.15) is 5.54 Å². The molecule has 0 saturated heterocycles. The first kappa shape index (κ1) is 8.73. The number of carbonyl (C=O) groups is 2. The van der Waals surface area contributed by atoms with Gasteiger partial charge in [-0.25, -0.2) is 9.59 Å². The van der Waals surface area contributed by atoms with Crippen LogP contribution in [-0.2, 0) is 9.59 Å². The number of hydrogen-bond acceptors (Lipinski definition) is 3. The summed E-state index contributed by atoms with van der Waals surface area (Å²) in [5.74, 6) is -2.54. The summed E-state index contributed by atoms with van der Waals surface area (Å²) in [5.41, 5.74) is 3.50. The van der Waals surface area contributed by atoms with Crippen LogP contribution < -0.4 is 5.73 Å². The van der Waals surface area contributed by atoms with Gasteiger partial charge < -0.3 is 15.9 Å². The average Bonchev–Trinajstić information content (AvgIpc) is 2.32. The Bertz CT molecular complexity index is 271. The Morgan fingerprint density at radius 3 is 2.42 bits per heavy atom. The summed E-state index contributed by atoms with van der Waals surface area (Å²) in [6.07, 6.45) is 1.92. The van der Waals surface area contributed by atoms with Crippen LogP contribution in [0, 0.1) is 0 Å². The van der Waals surface area contributed by atoms with Crippen molar-refractivity contribution in [3.63, 3.8) is 0 Å². The van der Waals surface area contributed by atoms with Gasteiger partial charge >= 0.3 is 11.9 Å². The van der Waals surface area contributed by atoms with Gasteiger partial charge in [0, 0.05) is 0 Å². The second-order valence-electron chi connectivity index (χ2n) is 2.74. The number of carboxylic acids is 2. The molecule has 1 aliphatic rings. The molecule has 12 heavy (non-hydrogen) atoms. The number of nitrogens with two attached hydrogens (primary N) is 1. The van der Waals surface area contributed by atoms with Crippen molar-refractivity contribution >= 4 is 11.9 Å². The van der Waals surface area contributed by atoms with E-state index in [4.69, 9.17) is 15.9 Å². The molecule has 0 aliphatic heterocycles. The molecular formula is C7H9NO4. The van der Waals surface area contributed by atoms with E-state index >= 15 is 0 Å². The topological polar surface area (TPSA) is 101 Å². The fourth-order valence-electron chi connectivity index (χ4n) is 1.26. The summed E-state index contributed by atoms with van der Waals surface area (Å²) >= 11 is 0. The second kappa shape index (κ2) is 2.60. The standard InChI is InChI=1S/C7H9NO4/c8-7(6(11)12)3-1-2-4(7)5(9)10/h2H,1,3,8H2,(H,9,10)(H,11,12)/t7-/m1/s1. The number of allylic oxidation sites excluding steroid dienone is 1. The molecule has 0 aromatic heterocycles. The summed E-state index contributed by atoms with van der Waals surface area (Å²) in [5, 5.41) is 17.2. The van der Waals surface area contributed by atoms with Crippen LogP contribution >= 0.6 is 0 Å². The molecule has 1 atom stereocenters. The molecule has 0 amide bonds. The lowest BCUT2D eigenvalue weighted by Gasteiger charge is -2.19. The van der Waals surface area contributed by atoms with Crippen LogP contribution in [0.5, 0.6) is 0 Å². The van der Waals surface area contributed by atoms with Crippen LogP contribution in [-0.4, -0.2) is 27.7 Å². The van der Waals surface area contributed by atoms with E-state index < -0.39 is 17.5 Å². The molecule has 1 rings (SSSR count). The van der Waals surface area contributed by atoms with Crippen LogP contribution in [0.3, 0.4) is 0 Å². The van der Waals surface area contributed by atoms with Gasteiger partial charge in [0.2, 0.25) is 0 Å². The Labute approximate surface area is 68.5 Å². The first-order chi connectivity index (χ1) is 5.48. The van der Waals surface area contributed by atoms with E-state index in [0.717, 1.165) is 0 Å². The summed E-state index contributed by atoms with van der Waals surface area (Å²) in [6, 6.07) is 0. The van der Waals surface area contributed by atoms with Crippen molar-refractivity contribution in [1.29, 1.82) is 0 Å². The molecule has 0 unspecified atom stereocenters. The molecule has 4 N–H and O–H groups in total. The summed E-state index contributed by atoms with van der Waals surface area (Å²) in [4.78, 5) is 21.1. The highest BCUT2D eigenvalue weighted by atomic mass is 16.4. The van der Waals surface area contributed by atoms with E-state index in [1.54, 1.807) is 0 Å². The van der Waals surface area contributed by atoms with Crippen molar-refractivity contribution in [2.24, 2.45) is 5.73 Å². The SMILES string of the molecule is N[C@]1(C(=O)O)CCC=C1C(=O)O. The Hall–Kier alpha value is -1.36. The van der Waals surface area contributed by atoms with E-state index in [-0.39, 0.29) is 12.0 Å². The molecule has 0 spiro atoms. The molecule has 0 aromatic rings. The van der Waals surface area contributed by atoms with E-state index in [1.807, 2.05) is 0 Å². The monoisotopic (exact) mass is 171 g/mol. The van der Waals surface area contributed by atoms with Gasteiger partial charge in [-0.1, -0.05) is 6.08 Å². The van der Waals surface area contributed by atoms with Gasteiger partial charge in [-0.15, -0.1) is 0 Å². The fraction of sp³-hybridized carbons (Fsp3) is 0.429. The number of aliphatic carboxylic acids is 2. The Kier molecular flexibility index (Phi) is 1.89. The molecule has 0 heterocycles. The minimum absolute atomic E-state index is 0.157. The summed E-state index contributed by atoms with van der Waals surface area (Å²) in [7, 11) is 0. The first-order valence-corrected chi connectivity index (χ1v) is 3.44. The maximum atomic E-state index is 10.6. The van der Waals surface area contributed by atoms with E-state index in [2.05, 4.69) is 0 Å². The first-order valence-electron chi connectivity index (χ1n) is 3.44. The third kappa shape index (κ3) is 1.08. The lowest BCUT2D eigenvalue weighted by Crippen LogP contribution is -2.49. The largest absolute Gasteiger partial charge is 0.480 e. The molecule has 0 radical (unpaired) electrons. The van der Waals surface area contributed by atoms with Gasteiger partial charge in [-0.05, 0) is 12.8 Å². The van der Waals surface area contributed by atoms with Crippen LogP contribution in [0.4, 0.5) is 0 Å². The van der Waals surface area contributed by atoms with Gasteiger partial charge in [-0.3, -0.25) is 0 Å². The Morgan fingerprint density at radius 1 is 1.50 bits per heavy atom. The molecule has 1 aliphatic carbocycles. The van der Waals surface area contributed by atoms with Crippen LogP contribution in [0.15, 0.2) is 11.6 Å². The predicted octanol–water partition coefficient (Wildman–Crippen LogP) is -0.427. The number of carboxylic acid groups (broad SMARTS) is 2. The highest BCUT2D eigenvalue weighted by Crippen LogP contribution is 2.28. The molecule has 0 aromatic carbocycles. The quantitative estimate of drug-likeness (QED) is 0.523. The van der Waals surface area contributed by atoms with E-state index in [0.29, 0.717) is 6.42 Å². The van der Waals surface area contributed by atoms with Crippen molar-refractivity contribution in [1.82, 2.24) is 0 Å². The van der Waals surface area contributed by atoms with Gasteiger partial charge in [0.25, 0.3) is 0 Å². The number of hydrogen-bond donors (Lipinski definition) is 3. The van der Waals surface area contributed by atoms with Crippen LogP contribution in [0.1, 0.15) is 12.8 Å². The van der Waals surface area contributed by atoms with Crippen molar-refractivity contribution in [2.45, 2.75) is 18.4 Å². The normalized spacial score (nSPS) is 28.2. The molecular weight excluding hydrogens is 162 g/mol. The third-order valence-corrected chi connectivity index (χ3v) is 1.98. The van der Waals surface area contributed by atoms with E-state index in [9.17, 15) is 9.59 Å².